The van der Waals surface area contributed by atoms with E-state index in [0.29, 0.717) is 64.2 Å². The van der Waals surface area contributed by atoms with E-state index in [9.17, 15) is 129 Å². The van der Waals surface area contributed by atoms with Crippen LogP contribution in [0.15, 0.2) is 24.3 Å². The minimum atomic E-state index is -4.44. The molecule has 0 radical (unpaired) electrons. The summed E-state index contributed by atoms with van der Waals surface area (Å²) in [6.45, 7) is -0.718. The summed E-state index contributed by atoms with van der Waals surface area (Å²) >= 11 is 0. The molecule has 5 heterocycles. The van der Waals surface area contributed by atoms with E-state index in [4.69, 9.17) is 52.1 Å². The molecule has 0 spiro atoms. The van der Waals surface area contributed by atoms with Crippen LogP contribution in [0.4, 0.5) is 13.2 Å². The summed E-state index contributed by atoms with van der Waals surface area (Å²) in [7, 11) is 0. The molecule has 0 aliphatic carbocycles. The lowest BCUT2D eigenvalue weighted by atomic mass is 9.95. The Hall–Kier alpha value is -4.52. The molecule has 5 aliphatic rings. The Morgan fingerprint density at radius 2 is 0.896 bits per heavy atom. The topological polar surface area (TPSA) is 575 Å². The number of benzene rings is 1. The molecule has 20 N–H and O–H groups in total. The van der Waals surface area contributed by atoms with Gasteiger partial charge in [0.2, 0.25) is 11.8 Å². The quantitative estimate of drug-likeness (QED) is 0.0348. The predicted molar refractivity (Wildman–Crippen MR) is 390 cm³/mol. The smallest absolute Gasteiger partial charge is 0.416 e. The van der Waals surface area contributed by atoms with E-state index in [1.165, 1.54) is 57.1 Å². The lowest BCUT2D eigenvalue weighted by Gasteiger charge is -2.48. The minimum absolute atomic E-state index is 0.0148. The molecule has 6 rings (SSSR count). The highest BCUT2D eigenvalue weighted by Crippen LogP contribution is 2.36. The van der Waals surface area contributed by atoms with Crippen LogP contribution in [0.25, 0.3) is 0 Å². The molecule has 0 aromatic heterocycles. The number of hydrogen-bond donors (Lipinski definition) is 20. The Morgan fingerprint density at radius 1 is 0.452 bits per heavy atom. The summed E-state index contributed by atoms with van der Waals surface area (Å²) in [5.41, 5.74) is -0.0196. The summed E-state index contributed by atoms with van der Waals surface area (Å²) in [4.78, 5) is 62.6. The Balaban J connectivity index is 0.837. The molecular formula is C76H125F3N2O34. The number of carbonyl (C=O) groups excluding carboxylic acids is 3. The van der Waals surface area contributed by atoms with Crippen LogP contribution in [0.1, 0.15) is 191 Å². The van der Waals surface area contributed by atoms with Crippen molar-refractivity contribution in [2.24, 2.45) is 0 Å². The molecule has 5 aliphatic heterocycles. The minimum Gasteiger partial charge on any atom is -0.479 e. The summed E-state index contributed by atoms with van der Waals surface area (Å²) in [5, 5.41) is 198. The zero-order valence-electron chi connectivity index (χ0n) is 64.9. The third kappa shape index (κ3) is 31.5. The average Bonchev–Trinajstić information content (AvgIpc) is 0.775. The summed E-state index contributed by atoms with van der Waals surface area (Å²) in [6.07, 6.45) is -36.1. The first-order chi connectivity index (χ1) is 54.8. The van der Waals surface area contributed by atoms with Crippen LogP contribution in [0.5, 0.6) is 0 Å². The number of rotatable bonds is 54. The predicted octanol–water partition coefficient (Wildman–Crippen LogP) is -0.993. The zero-order chi connectivity index (χ0) is 84.5. The Labute approximate surface area is 665 Å². The maximum atomic E-state index is 13.3. The van der Waals surface area contributed by atoms with Gasteiger partial charge in [-0.3, -0.25) is 14.4 Å². The van der Waals surface area contributed by atoms with Gasteiger partial charge in [0.05, 0.1) is 50.7 Å². The Bertz CT molecular complexity index is 2940. The van der Waals surface area contributed by atoms with Gasteiger partial charge in [0.15, 0.2) is 43.7 Å². The maximum absolute atomic E-state index is 13.3. The molecular weight excluding hydrogens is 1540 g/mol. The number of halogens is 3. The average molecular weight is 1670 g/mol. The zero-order valence-corrected chi connectivity index (χ0v) is 64.9. The second-order valence-corrected chi connectivity index (χ2v) is 30.3. The molecule has 39 heteroatoms. The third-order valence-corrected chi connectivity index (χ3v) is 21.2. The highest BCUT2D eigenvalue weighted by atomic mass is 19.4. The van der Waals surface area contributed by atoms with Gasteiger partial charge in [0, 0.05) is 38.8 Å². The van der Waals surface area contributed by atoms with E-state index in [0.717, 1.165) is 62.6 Å². The van der Waals surface area contributed by atoms with Crippen LogP contribution >= 0.6 is 0 Å². The largest absolute Gasteiger partial charge is 0.479 e. The summed E-state index contributed by atoms with van der Waals surface area (Å²) in [6, 6.07) is 3.72. The monoisotopic (exact) mass is 1670 g/mol. The molecule has 5 fully saturated rings. The summed E-state index contributed by atoms with van der Waals surface area (Å²) in [5.74, 6) is -4.51. The SMILES string of the molecule is CCCCCCCCCCCCCC[C@@H](O)[C@@H](O)[C@H](COC1OC(COCCCCCCCC(=O)CCCCC(=O)NCCOC2OC(CO)C(OC3OC(C(=O)O)C(O)C(OC4OC(CO)C(OC5OC(C(=O)O)C(O)C(O)C5O)C(O)C4O)C3O)C(O)C2O)C(O)C(O)C1O)NC(=O)CCCCCc1ccc(C(F)(F)F)cc1. The lowest BCUT2D eigenvalue weighted by Crippen LogP contribution is -2.68. The van der Waals surface area contributed by atoms with E-state index in [2.05, 4.69) is 17.6 Å². The number of amides is 2. The van der Waals surface area contributed by atoms with Crippen molar-refractivity contribution in [2.75, 3.05) is 46.2 Å². The van der Waals surface area contributed by atoms with Crippen molar-refractivity contribution < 1.29 is 181 Å². The summed E-state index contributed by atoms with van der Waals surface area (Å²) < 4.78 is 100. The molecule has 0 saturated carbocycles. The van der Waals surface area contributed by atoms with Crippen molar-refractivity contribution in [2.45, 2.75) is 365 Å². The van der Waals surface area contributed by atoms with Crippen LogP contribution < -0.4 is 10.6 Å². The number of unbranched alkanes of at least 4 members (excludes halogenated alkanes) is 18. The van der Waals surface area contributed by atoms with E-state index >= 15 is 0 Å². The van der Waals surface area contributed by atoms with Gasteiger partial charge in [-0.1, -0.05) is 122 Å². The third-order valence-electron chi connectivity index (χ3n) is 21.2. The van der Waals surface area contributed by atoms with Gasteiger partial charge < -0.3 is 155 Å². The van der Waals surface area contributed by atoms with Crippen LogP contribution in [-0.4, -0.2) is 339 Å². The molecule has 1 aromatic carbocycles. The molecule has 1 aromatic rings. The van der Waals surface area contributed by atoms with E-state index in [1.54, 1.807) is 0 Å². The van der Waals surface area contributed by atoms with E-state index in [-0.39, 0.29) is 57.8 Å². The molecule has 115 heavy (non-hydrogen) atoms. The highest BCUT2D eigenvalue weighted by Gasteiger charge is 2.57. The number of carbonyl (C=O) groups is 5. The number of ketones is 1. The van der Waals surface area contributed by atoms with E-state index < -0.39 is 227 Å². The number of aryl methyl sites for hydroxylation is 1. The van der Waals surface area contributed by atoms with Gasteiger partial charge >= 0.3 is 18.1 Å². The van der Waals surface area contributed by atoms with Crippen LogP contribution in [0.2, 0.25) is 0 Å². The van der Waals surface area contributed by atoms with Gasteiger partial charge in [0.25, 0.3) is 0 Å². The molecule has 2 amide bonds. The fraction of sp³-hybridized carbons (Fsp3) is 0.855. The Kier molecular flexibility index (Phi) is 44.3. The number of carboxylic acid groups (broad SMARTS) is 2. The molecule has 5 saturated heterocycles. The second kappa shape index (κ2) is 51.3. The number of carboxylic acids is 2. The molecule has 664 valence electrons. The van der Waals surface area contributed by atoms with Crippen molar-refractivity contribution in [3.05, 3.63) is 35.4 Å². The van der Waals surface area contributed by atoms with Crippen molar-refractivity contribution in [3.8, 4) is 0 Å². The number of nitrogens with one attached hydrogen (secondary N) is 2. The molecule has 28 atom stereocenters. The number of hydrogen-bond acceptors (Lipinski definition) is 32. The first kappa shape index (κ1) is 99.3. The fourth-order valence-corrected chi connectivity index (χ4v) is 14.3. The van der Waals surface area contributed by atoms with Crippen LogP contribution in [0, 0.1) is 0 Å². The van der Waals surface area contributed by atoms with Gasteiger partial charge in [-0.25, -0.2) is 9.59 Å². The van der Waals surface area contributed by atoms with Crippen molar-refractivity contribution in [3.63, 3.8) is 0 Å². The van der Waals surface area contributed by atoms with Gasteiger partial charge in [-0.15, -0.1) is 0 Å². The first-order valence-corrected chi connectivity index (χ1v) is 40.3. The van der Waals surface area contributed by atoms with Crippen molar-refractivity contribution in [1.82, 2.24) is 10.6 Å². The number of ether oxygens (including phenoxy) is 11. The van der Waals surface area contributed by atoms with Crippen molar-refractivity contribution >= 4 is 29.5 Å². The normalized spacial score (nSPS) is 32.8. The second-order valence-electron chi connectivity index (χ2n) is 30.3. The maximum Gasteiger partial charge on any atom is 0.416 e. The fourth-order valence-electron chi connectivity index (χ4n) is 14.3. The van der Waals surface area contributed by atoms with E-state index in [1.807, 2.05) is 0 Å². The number of Topliss-reactive ketones (excluding diaryl/α,β-unsaturated/α-hetero) is 1. The molecule has 36 nitrogen and oxygen atoms in total. The first-order valence-electron chi connectivity index (χ1n) is 40.3. The highest BCUT2D eigenvalue weighted by molar-refractivity contribution is 5.79. The number of alkyl halides is 3. The van der Waals surface area contributed by atoms with Crippen LogP contribution in [0.3, 0.4) is 0 Å². The van der Waals surface area contributed by atoms with Crippen LogP contribution in [-0.2, 0) is 88.7 Å². The van der Waals surface area contributed by atoms with Gasteiger partial charge in [-0.2, -0.15) is 13.2 Å². The number of aliphatic hydroxyl groups is 16. The van der Waals surface area contributed by atoms with Gasteiger partial charge in [-0.05, 0) is 69.1 Å². The number of aliphatic hydroxyl groups excluding tert-OH is 16. The molecule has 25 unspecified atom stereocenters. The van der Waals surface area contributed by atoms with Gasteiger partial charge in [0.1, 0.15) is 122 Å². The molecule has 0 bridgehead atoms. The lowest BCUT2D eigenvalue weighted by molar-refractivity contribution is -0.385. The van der Waals surface area contributed by atoms with Crippen molar-refractivity contribution in [1.29, 1.82) is 0 Å². The Morgan fingerprint density at radius 3 is 1.48 bits per heavy atom. The standard InChI is InChI=1S/C76H125F3N2O34/c1-2-3-4-5-6-7-8-9-10-11-14-19-27-45(85)51(88)44(81-50(87)29-20-16-17-24-41-30-32-42(33-31-41)76(77,78)79)39-107-72-58(95)53(90)52(89)48(110-72)40-105-35-23-15-12-13-18-25-43(84)26-21-22-28-49(86)80-34-36-106-71-60(97)56(93)64(46(37-82)108-71)112-75-63(100)66(62(99)68(115-75)70(103)104)113-73-61(98)57(94)65(47(38-83)109-73)111-74-59(96)54(91)55(92)67(114-74)69(101)102/h30-33,44-48,51-68,71-75,82-83,85,88-100H,2-29,34-40H2,1H3,(H,80,86)(H,81,87)(H,101,102)(H,103,104)/t44-,45+,46?,47?,48?,51-,52?,53?,54?,55?,56?,57?,58?,59?,60?,61?,62?,63?,64?,65?,66?,67?,68?,71?,72?,73?,74?,75?/m0/s1. The number of aliphatic carboxylic acids is 2.